The molecular weight excluding hydrogens is 200 g/mol. The van der Waals surface area contributed by atoms with Crippen LogP contribution < -0.4 is 0 Å². The van der Waals surface area contributed by atoms with Crippen molar-refractivity contribution in [3.05, 3.63) is 47.6 Å². The molecule has 0 saturated heterocycles. The molecule has 4 heteroatoms. The molecule has 2 aromatic rings. The molecule has 6 rings (SSSR count). The second kappa shape index (κ2) is 3.96. The van der Waals surface area contributed by atoms with Crippen molar-refractivity contribution in [2.45, 2.75) is 25.7 Å². The van der Waals surface area contributed by atoms with Gasteiger partial charge >= 0.3 is 0 Å². The van der Waals surface area contributed by atoms with Crippen LogP contribution >= 0.6 is 0 Å². The van der Waals surface area contributed by atoms with Crippen LogP contribution in [0.25, 0.3) is 0 Å². The molecule has 0 amide bonds. The third-order valence-electron chi connectivity index (χ3n) is 2.79. The fourth-order valence-electron chi connectivity index (χ4n) is 1.79. The van der Waals surface area contributed by atoms with Crippen molar-refractivity contribution in [2.75, 3.05) is 0 Å². The van der Waals surface area contributed by atoms with Crippen LogP contribution in [0.1, 0.15) is 22.8 Å². The van der Waals surface area contributed by atoms with Gasteiger partial charge in [0.2, 0.25) is 0 Å². The molecule has 4 aliphatic rings. The smallest absolute Gasteiger partial charge is 0.0590 e. The number of nitrogens with zero attached hydrogens (tertiary/aromatic N) is 4. The maximum absolute atomic E-state index is 4.40. The Bertz CT molecular complexity index is 382. The molecule has 2 aromatic heterocycles. The van der Waals surface area contributed by atoms with Crippen LogP contribution in [-0.4, -0.2) is 19.9 Å². The van der Waals surface area contributed by atoms with E-state index in [2.05, 4.69) is 19.9 Å². The second-order valence-corrected chi connectivity index (χ2v) is 4.00. The minimum atomic E-state index is 0.876. The average molecular weight is 212 g/mol. The lowest BCUT2D eigenvalue weighted by Gasteiger charge is -2.06. The van der Waals surface area contributed by atoms with Crippen LogP contribution in [0.4, 0.5) is 0 Å². The SMILES string of the molecule is c1nc2cnc1CCc1cnc(cn1)CC2. The van der Waals surface area contributed by atoms with Crippen LogP contribution in [0.15, 0.2) is 24.8 Å². The fourth-order valence-corrected chi connectivity index (χ4v) is 1.79. The van der Waals surface area contributed by atoms with Crippen LogP contribution in [0, 0.1) is 0 Å². The molecule has 80 valence electrons. The lowest BCUT2D eigenvalue weighted by atomic mass is 10.1. The van der Waals surface area contributed by atoms with Crippen molar-refractivity contribution in [3.8, 4) is 0 Å². The first-order valence-corrected chi connectivity index (χ1v) is 5.50. The van der Waals surface area contributed by atoms with Gasteiger partial charge in [-0.1, -0.05) is 0 Å². The molecule has 0 fully saturated rings. The van der Waals surface area contributed by atoms with Gasteiger partial charge in [-0.25, -0.2) is 0 Å². The van der Waals surface area contributed by atoms with Gasteiger partial charge in [-0.2, -0.15) is 0 Å². The first-order valence-electron chi connectivity index (χ1n) is 5.50. The van der Waals surface area contributed by atoms with Gasteiger partial charge in [-0.05, 0) is 25.7 Å². The van der Waals surface area contributed by atoms with E-state index in [0.717, 1.165) is 48.5 Å². The molecule has 0 aliphatic carbocycles. The highest BCUT2D eigenvalue weighted by molar-refractivity contribution is 5.10. The summed E-state index contributed by atoms with van der Waals surface area (Å²) >= 11 is 0. The Kier molecular flexibility index (Phi) is 2.33. The zero-order chi connectivity index (χ0) is 10.8. The van der Waals surface area contributed by atoms with Gasteiger partial charge < -0.3 is 0 Å². The zero-order valence-electron chi connectivity index (χ0n) is 8.93. The number of aromatic nitrogens is 4. The van der Waals surface area contributed by atoms with E-state index in [4.69, 9.17) is 0 Å². The number of rotatable bonds is 0. The number of hydrogen-bond acceptors (Lipinski definition) is 4. The van der Waals surface area contributed by atoms with Crippen molar-refractivity contribution in [2.24, 2.45) is 0 Å². The van der Waals surface area contributed by atoms with Gasteiger partial charge in [0.15, 0.2) is 0 Å². The molecule has 16 heavy (non-hydrogen) atoms. The molecule has 0 unspecified atom stereocenters. The van der Waals surface area contributed by atoms with Gasteiger partial charge in [-0.15, -0.1) is 0 Å². The number of aryl methyl sites for hydroxylation is 4. The Balaban J connectivity index is 1.97. The van der Waals surface area contributed by atoms with Gasteiger partial charge in [0.1, 0.15) is 0 Å². The zero-order valence-corrected chi connectivity index (χ0v) is 8.93. The molecule has 4 bridgehead atoms. The molecule has 0 N–H and O–H groups in total. The molecule has 0 spiro atoms. The summed E-state index contributed by atoms with van der Waals surface area (Å²) in [6, 6.07) is 0. The van der Waals surface area contributed by atoms with Crippen LogP contribution in [-0.2, 0) is 25.7 Å². The van der Waals surface area contributed by atoms with Gasteiger partial charge in [0.05, 0.1) is 22.8 Å². The van der Waals surface area contributed by atoms with E-state index >= 15 is 0 Å². The van der Waals surface area contributed by atoms with E-state index in [-0.39, 0.29) is 0 Å². The largest absolute Gasteiger partial charge is 0.258 e. The molecule has 0 saturated carbocycles. The normalized spacial score (nSPS) is 14.5. The Morgan fingerprint density at radius 3 is 0.938 bits per heavy atom. The van der Waals surface area contributed by atoms with Crippen molar-refractivity contribution in [1.82, 2.24) is 19.9 Å². The third kappa shape index (κ3) is 1.91. The average Bonchev–Trinajstić information content (AvgIpc) is 2.33. The standard InChI is InChI=1S/C12H12N4/c1-2-10-6-16-12(8-15-10)4-3-11-7-13-9(1)5-14-11/h5-8H,1-4H2. The molecule has 6 heterocycles. The lowest BCUT2D eigenvalue weighted by Crippen LogP contribution is -2.05. The molecule has 0 atom stereocenters. The Morgan fingerprint density at radius 1 is 0.500 bits per heavy atom. The highest BCUT2D eigenvalue weighted by Crippen LogP contribution is 2.07. The minimum absolute atomic E-state index is 0.876. The van der Waals surface area contributed by atoms with Crippen molar-refractivity contribution in [3.63, 3.8) is 0 Å². The summed E-state index contributed by atoms with van der Waals surface area (Å²) in [5, 5.41) is 0. The Morgan fingerprint density at radius 2 is 0.750 bits per heavy atom. The van der Waals surface area contributed by atoms with Crippen LogP contribution in [0.5, 0.6) is 0 Å². The van der Waals surface area contributed by atoms with Crippen molar-refractivity contribution in [1.29, 1.82) is 0 Å². The van der Waals surface area contributed by atoms with Gasteiger partial charge in [0, 0.05) is 24.8 Å². The van der Waals surface area contributed by atoms with E-state index in [1.807, 2.05) is 24.8 Å². The molecule has 0 aromatic carbocycles. The minimum Gasteiger partial charge on any atom is -0.258 e. The monoisotopic (exact) mass is 212 g/mol. The van der Waals surface area contributed by atoms with E-state index < -0.39 is 0 Å². The quantitative estimate of drug-likeness (QED) is 0.657. The van der Waals surface area contributed by atoms with E-state index in [1.165, 1.54) is 0 Å². The summed E-state index contributed by atoms with van der Waals surface area (Å²) in [4.78, 5) is 17.6. The molecule has 4 nitrogen and oxygen atoms in total. The molecular formula is C12H12N4. The highest BCUT2D eigenvalue weighted by atomic mass is 14.8. The summed E-state index contributed by atoms with van der Waals surface area (Å²) in [7, 11) is 0. The van der Waals surface area contributed by atoms with Crippen LogP contribution in [0.3, 0.4) is 0 Å². The summed E-state index contributed by atoms with van der Waals surface area (Å²) in [5.41, 5.74) is 4.09. The van der Waals surface area contributed by atoms with Crippen LogP contribution in [0.2, 0.25) is 0 Å². The van der Waals surface area contributed by atoms with E-state index in [1.54, 1.807) is 0 Å². The predicted molar refractivity (Wildman–Crippen MR) is 58.9 cm³/mol. The summed E-state index contributed by atoms with van der Waals surface area (Å²) in [5.74, 6) is 0. The van der Waals surface area contributed by atoms with E-state index in [0.29, 0.717) is 0 Å². The van der Waals surface area contributed by atoms with Gasteiger partial charge in [-0.3, -0.25) is 19.9 Å². The fraction of sp³-hybridized carbons (Fsp3) is 0.333. The van der Waals surface area contributed by atoms with E-state index in [9.17, 15) is 0 Å². The van der Waals surface area contributed by atoms with Crippen molar-refractivity contribution < 1.29 is 0 Å². The summed E-state index contributed by atoms with van der Waals surface area (Å²) < 4.78 is 0. The highest BCUT2D eigenvalue weighted by Gasteiger charge is 2.05. The van der Waals surface area contributed by atoms with Gasteiger partial charge in [0.25, 0.3) is 0 Å². The summed E-state index contributed by atoms with van der Waals surface area (Å²) in [6.07, 6.45) is 11.0. The third-order valence-corrected chi connectivity index (χ3v) is 2.79. The maximum atomic E-state index is 4.40. The lowest BCUT2D eigenvalue weighted by molar-refractivity contribution is 0.795. The topological polar surface area (TPSA) is 51.6 Å². The second-order valence-electron chi connectivity index (χ2n) is 4.00. The first-order chi connectivity index (χ1) is 7.90. The maximum Gasteiger partial charge on any atom is 0.0590 e. The van der Waals surface area contributed by atoms with Crippen molar-refractivity contribution >= 4 is 0 Å². The predicted octanol–water partition coefficient (Wildman–Crippen LogP) is 1.15. The number of hydrogen-bond donors (Lipinski definition) is 0. The first kappa shape index (κ1) is 9.39. The Labute approximate surface area is 93.8 Å². The Hall–Kier alpha value is -1.84. The molecule has 0 radical (unpaired) electrons. The summed E-state index contributed by atoms with van der Waals surface area (Å²) in [6.45, 7) is 0. The molecule has 4 aliphatic heterocycles.